The van der Waals surface area contributed by atoms with Gasteiger partial charge in [0.2, 0.25) is 0 Å². The summed E-state index contributed by atoms with van der Waals surface area (Å²) in [5, 5.41) is 69.6. The Morgan fingerprint density at radius 1 is 0.423 bits per heavy atom. The topological polar surface area (TPSA) is 167 Å². The smallest absolute Gasteiger partial charge is 0.192 e. The number of benzene rings is 3. The van der Waals surface area contributed by atoms with Gasteiger partial charge in [-0.15, -0.1) is 0 Å². The largest absolute Gasteiger partial charge is 0.417 e. The van der Waals surface area contributed by atoms with E-state index in [4.69, 9.17) is 0 Å². The Kier molecular flexibility index (Phi) is 8.51. The summed E-state index contributed by atoms with van der Waals surface area (Å²) in [5.74, 6) is 0. The number of nitriles is 7. The molecule has 0 radical (unpaired) electrons. The Morgan fingerprint density at radius 3 is 1.17 bits per heavy atom. The Balaban J connectivity index is 1.92. The predicted molar refractivity (Wildman–Crippen MR) is 160 cm³/mol. The summed E-state index contributed by atoms with van der Waals surface area (Å²) in [7, 11) is 0. The van der Waals surface area contributed by atoms with Gasteiger partial charge in [0, 0.05) is 33.4 Å². The number of rotatable bonds is 2. The lowest BCUT2D eigenvalue weighted by atomic mass is 9.88. The molecule has 5 rings (SSSR count). The fourth-order valence-electron chi connectivity index (χ4n) is 6.04. The lowest BCUT2D eigenvalue weighted by Crippen LogP contribution is -2.16. The van der Waals surface area contributed by atoms with Crippen LogP contribution in [-0.2, 0) is 18.5 Å². The Bertz CT molecular complexity index is 2570. The summed E-state index contributed by atoms with van der Waals surface area (Å²) >= 11 is 0. The quantitative estimate of drug-likeness (QED) is 0.189. The van der Waals surface area contributed by atoms with E-state index in [1.165, 1.54) is 18.2 Å². The fourth-order valence-corrected chi connectivity index (χ4v) is 6.04. The van der Waals surface area contributed by atoms with Crippen LogP contribution in [0.3, 0.4) is 0 Å². The minimum atomic E-state index is -5.56. The van der Waals surface area contributed by atoms with Crippen molar-refractivity contribution in [2.45, 2.75) is 18.5 Å². The first kappa shape index (κ1) is 35.7. The molecule has 16 heteroatoms. The van der Waals surface area contributed by atoms with Crippen molar-refractivity contribution < 1.29 is 39.5 Å². The van der Waals surface area contributed by atoms with Gasteiger partial charge < -0.3 is 0 Å². The second-order valence-corrected chi connectivity index (χ2v) is 10.7. The third kappa shape index (κ3) is 5.56. The number of halogens is 9. The molecule has 0 aromatic heterocycles. The number of alkyl halides is 9. The van der Waals surface area contributed by atoms with Gasteiger partial charge in [-0.05, 0) is 58.7 Å². The van der Waals surface area contributed by atoms with Crippen molar-refractivity contribution in [1.29, 1.82) is 36.8 Å². The maximum atomic E-state index is 13.9. The van der Waals surface area contributed by atoms with Crippen LogP contribution in [0.1, 0.15) is 55.6 Å². The van der Waals surface area contributed by atoms with E-state index in [1.807, 2.05) is 6.07 Å². The molecule has 7 nitrogen and oxygen atoms in total. The normalized spacial score (nSPS) is 13.5. The van der Waals surface area contributed by atoms with E-state index in [0.29, 0.717) is 12.1 Å². The molecule has 0 unspecified atom stereocenters. The lowest BCUT2D eigenvalue weighted by Gasteiger charge is -2.18. The average molecular weight is 709 g/mol. The third-order valence-corrected chi connectivity index (χ3v) is 8.06. The van der Waals surface area contributed by atoms with Crippen LogP contribution < -0.4 is 0 Å². The molecule has 0 N–H and O–H groups in total. The molecular weight excluding hydrogens is 701 g/mol. The summed E-state index contributed by atoms with van der Waals surface area (Å²) in [6.07, 6.45) is -16.0. The van der Waals surface area contributed by atoms with Crippen LogP contribution in [0.25, 0.3) is 33.4 Å². The SMILES string of the molecule is N#CC(C#N)=C1C(c2ccc(C(F)(F)F)c(C#N)c2)=C(C#N)c2cc3c(cc21)C(=C(C#N)C#N)C(c1ccc(C(F)(F)F)c(C(F)(F)F)c1)=C3C#N. The lowest BCUT2D eigenvalue weighted by molar-refractivity contribution is -0.162. The highest BCUT2D eigenvalue weighted by Crippen LogP contribution is 2.55. The number of allylic oxidation sites excluding steroid dienone is 8. The first-order chi connectivity index (χ1) is 24.4. The monoisotopic (exact) mass is 709 g/mol. The molecule has 3 aromatic rings. The summed E-state index contributed by atoms with van der Waals surface area (Å²) in [6, 6.07) is 16.5. The highest BCUT2D eigenvalue weighted by Gasteiger charge is 2.44. The fraction of sp³-hybridized carbons (Fsp3) is 0.0833. The molecule has 2 aliphatic carbocycles. The Morgan fingerprint density at radius 2 is 0.808 bits per heavy atom. The summed E-state index contributed by atoms with van der Waals surface area (Å²) in [4.78, 5) is 0. The van der Waals surface area contributed by atoms with Gasteiger partial charge in [0.15, 0.2) is 0 Å². The van der Waals surface area contributed by atoms with E-state index in [9.17, 15) is 76.3 Å². The van der Waals surface area contributed by atoms with Gasteiger partial charge in [-0.3, -0.25) is 0 Å². The van der Waals surface area contributed by atoms with Crippen molar-refractivity contribution in [3.8, 4) is 42.5 Å². The zero-order chi connectivity index (χ0) is 38.5. The van der Waals surface area contributed by atoms with Crippen LogP contribution in [0, 0.1) is 79.3 Å². The Hall–Kier alpha value is -7.58. The molecular formula is C36H8F9N7. The van der Waals surface area contributed by atoms with Crippen molar-refractivity contribution >= 4 is 33.4 Å². The van der Waals surface area contributed by atoms with Crippen molar-refractivity contribution in [3.63, 3.8) is 0 Å². The standard InChI is InChI=1S/C36H8F9N7/c37-34(38,39)27-3-1-16(5-18(27)9-46)30-25(14-51)21-7-22-24(8-23(21)32(30)19(10-47)11-48)33(20(12-49)13-50)31(26(22)15-52)17-2-4-28(35(40,41)42)29(6-17)36(43,44)45/h1-8H. The molecule has 52 heavy (non-hydrogen) atoms. The number of nitrogens with zero attached hydrogens (tertiary/aromatic N) is 7. The maximum absolute atomic E-state index is 13.9. The molecule has 0 spiro atoms. The number of hydrogen-bond acceptors (Lipinski definition) is 7. The van der Waals surface area contributed by atoms with Gasteiger partial charge >= 0.3 is 18.5 Å². The molecule has 0 aliphatic heterocycles. The third-order valence-electron chi connectivity index (χ3n) is 8.06. The van der Waals surface area contributed by atoms with E-state index >= 15 is 0 Å². The van der Waals surface area contributed by atoms with Gasteiger partial charge in [-0.25, -0.2) is 0 Å². The Labute approximate surface area is 286 Å². The van der Waals surface area contributed by atoms with Gasteiger partial charge in [0.1, 0.15) is 47.6 Å². The van der Waals surface area contributed by atoms with Crippen LogP contribution in [0.2, 0.25) is 0 Å². The van der Waals surface area contributed by atoms with E-state index in [-0.39, 0.29) is 56.7 Å². The van der Waals surface area contributed by atoms with Gasteiger partial charge in [0.05, 0.1) is 39.5 Å². The van der Waals surface area contributed by atoms with Crippen LogP contribution in [0.4, 0.5) is 39.5 Å². The van der Waals surface area contributed by atoms with Gasteiger partial charge in [-0.1, -0.05) is 12.1 Å². The molecule has 0 heterocycles. The summed E-state index contributed by atoms with van der Waals surface area (Å²) in [6.45, 7) is 0. The molecule has 0 saturated heterocycles. The summed E-state index contributed by atoms with van der Waals surface area (Å²) in [5.41, 5.74) is -12.2. The second-order valence-electron chi connectivity index (χ2n) is 10.7. The van der Waals surface area contributed by atoms with E-state index in [1.54, 1.807) is 18.2 Å². The van der Waals surface area contributed by atoms with Crippen molar-refractivity contribution in [1.82, 2.24) is 0 Å². The molecule has 0 fully saturated rings. The first-order valence-electron chi connectivity index (χ1n) is 13.9. The minimum absolute atomic E-state index is 0.104. The highest BCUT2D eigenvalue weighted by atomic mass is 19.4. The van der Waals surface area contributed by atoms with Crippen LogP contribution >= 0.6 is 0 Å². The van der Waals surface area contributed by atoms with E-state index in [2.05, 4.69) is 0 Å². The predicted octanol–water partition coefficient (Wildman–Crippen LogP) is 9.11. The number of hydrogen-bond donors (Lipinski definition) is 0. The molecule has 250 valence electrons. The van der Waals surface area contributed by atoms with Crippen LogP contribution in [-0.4, -0.2) is 0 Å². The van der Waals surface area contributed by atoms with Crippen LogP contribution in [0.15, 0.2) is 59.7 Å². The van der Waals surface area contributed by atoms with Gasteiger partial charge in [-0.2, -0.15) is 76.3 Å². The van der Waals surface area contributed by atoms with Gasteiger partial charge in [0.25, 0.3) is 0 Å². The highest BCUT2D eigenvalue weighted by molar-refractivity contribution is 6.29. The van der Waals surface area contributed by atoms with Crippen molar-refractivity contribution in [3.05, 3.63) is 115 Å². The second kappa shape index (κ2) is 12.4. The average Bonchev–Trinajstić information content (AvgIpc) is 3.58. The zero-order valence-electron chi connectivity index (χ0n) is 25.2. The van der Waals surface area contributed by atoms with Crippen molar-refractivity contribution in [2.75, 3.05) is 0 Å². The van der Waals surface area contributed by atoms with Crippen molar-refractivity contribution in [2.24, 2.45) is 0 Å². The zero-order valence-corrected chi connectivity index (χ0v) is 25.2. The molecule has 0 atom stereocenters. The summed E-state index contributed by atoms with van der Waals surface area (Å²) < 4.78 is 123. The molecule has 3 aromatic carbocycles. The molecule has 2 aliphatic rings. The molecule has 0 bridgehead atoms. The minimum Gasteiger partial charge on any atom is -0.192 e. The van der Waals surface area contributed by atoms with Crippen LogP contribution in [0.5, 0.6) is 0 Å². The maximum Gasteiger partial charge on any atom is 0.417 e. The first-order valence-corrected chi connectivity index (χ1v) is 13.9. The number of fused-ring (bicyclic) bond motifs is 2. The molecule has 0 saturated carbocycles. The molecule has 0 amide bonds. The van der Waals surface area contributed by atoms with E-state index < -0.39 is 74.2 Å². The van der Waals surface area contributed by atoms with E-state index in [0.717, 1.165) is 24.3 Å².